The molecule has 0 saturated carbocycles. The van der Waals surface area contributed by atoms with Gasteiger partial charge in [0.2, 0.25) is 0 Å². The third-order valence-corrected chi connectivity index (χ3v) is 4.42. The number of halogens is 2. The Balaban J connectivity index is 1.91. The van der Waals surface area contributed by atoms with Gasteiger partial charge in [-0.3, -0.25) is 10.1 Å². The molecule has 0 bridgehead atoms. The molecule has 0 unspecified atom stereocenters. The van der Waals surface area contributed by atoms with Crippen molar-refractivity contribution in [1.29, 1.82) is 0 Å². The van der Waals surface area contributed by atoms with E-state index >= 15 is 0 Å². The summed E-state index contributed by atoms with van der Waals surface area (Å²) in [6, 6.07) is 9.18. The largest absolute Gasteiger partial charge is 0.298 e. The van der Waals surface area contributed by atoms with E-state index in [-0.39, 0.29) is 0 Å². The first-order valence-electron chi connectivity index (χ1n) is 7.11. The number of rotatable bonds is 3. The van der Waals surface area contributed by atoms with Crippen LogP contribution in [0.3, 0.4) is 0 Å². The van der Waals surface area contributed by atoms with Crippen molar-refractivity contribution in [3.63, 3.8) is 0 Å². The zero-order valence-electron chi connectivity index (χ0n) is 12.6. The van der Waals surface area contributed by atoms with Gasteiger partial charge in [0.05, 0.1) is 10.2 Å². The fraction of sp³-hybridized carbons (Fsp3) is 0.176. The van der Waals surface area contributed by atoms with E-state index in [1.165, 1.54) is 23.0 Å². The SMILES string of the molecule is CC(C)c1ccc2nc(NC(=O)c3c(F)cccc3F)sc2c1. The van der Waals surface area contributed by atoms with Gasteiger partial charge < -0.3 is 0 Å². The Morgan fingerprint density at radius 3 is 2.52 bits per heavy atom. The smallest absolute Gasteiger partial charge is 0.263 e. The number of amides is 1. The summed E-state index contributed by atoms with van der Waals surface area (Å²) < 4.78 is 28.2. The lowest BCUT2D eigenvalue weighted by Crippen LogP contribution is -2.15. The van der Waals surface area contributed by atoms with Gasteiger partial charge in [-0.15, -0.1) is 0 Å². The van der Waals surface area contributed by atoms with Gasteiger partial charge in [-0.1, -0.05) is 37.3 Å². The van der Waals surface area contributed by atoms with Crippen LogP contribution in [-0.4, -0.2) is 10.9 Å². The fourth-order valence-electron chi connectivity index (χ4n) is 2.23. The minimum absolute atomic E-state index is 0.313. The molecule has 0 radical (unpaired) electrons. The van der Waals surface area contributed by atoms with Gasteiger partial charge in [0.25, 0.3) is 5.91 Å². The van der Waals surface area contributed by atoms with Crippen LogP contribution in [0.15, 0.2) is 36.4 Å². The van der Waals surface area contributed by atoms with Crippen molar-refractivity contribution >= 4 is 32.6 Å². The molecule has 0 atom stereocenters. The molecule has 3 aromatic rings. The monoisotopic (exact) mass is 332 g/mol. The zero-order valence-corrected chi connectivity index (χ0v) is 13.4. The normalized spacial score (nSPS) is 11.2. The van der Waals surface area contributed by atoms with Gasteiger partial charge in [-0.2, -0.15) is 0 Å². The molecule has 2 aromatic carbocycles. The van der Waals surface area contributed by atoms with Gasteiger partial charge in [0.15, 0.2) is 5.13 Å². The highest BCUT2D eigenvalue weighted by Crippen LogP contribution is 2.29. The molecule has 1 heterocycles. The van der Waals surface area contributed by atoms with Crippen molar-refractivity contribution in [2.45, 2.75) is 19.8 Å². The fourth-order valence-corrected chi connectivity index (χ4v) is 3.14. The molecule has 118 valence electrons. The van der Waals surface area contributed by atoms with Gasteiger partial charge in [0.1, 0.15) is 17.2 Å². The van der Waals surface area contributed by atoms with Gasteiger partial charge in [-0.05, 0) is 35.7 Å². The molecule has 1 aromatic heterocycles. The van der Waals surface area contributed by atoms with Crippen LogP contribution in [0.5, 0.6) is 0 Å². The number of nitrogens with zero attached hydrogens (tertiary/aromatic N) is 1. The predicted octanol–water partition coefficient (Wildman–Crippen LogP) is 4.95. The van der Waals surface area contributed by atoms with Crippen LogP contribution < -0.4 is 5.32 Å². The van der Waals surface area contributed by atoms with E-state index in [4.69, 9.17) is 0 Å². The molecule has 0 aliphatic heterocycles. The number of hydrogen-bond acceptors (Lipinski definition) is 3. The summed E-state index contributed by atoms with van der Waals surface area (Å²) in [6.45, 7) is 4.18. The van der Waals surface area contributed by atoms with E-state index < -0.39 is 23.1 Å². The van der Waals surface area contributed by atoms with E-state index in [1.807, 2.05) is 18.2 Å². The topological polar surface area (TPSA) is 42.0 Å². The van der Waals surface area contributed by atoms with E-state index in [1.54, 1.807) is 0 Å². The van der Waals surface area contributed by atoms with E-state index in [2.05, 4.69) is 24.1 Å². The number of aromatic nitrogens is 1. The van der Waals surface area contributed by atoms with Crippen molar-refractivity contribution in [2.24, 2.45) is 0 Å². The maximum absolute atomic E-state index is 13.6. The first-order valence-corrected chi connectivity index (χ1v) is 7.93. The number of hydrogen-bond donors (Lipinski definition) is 1. The van der Waals surface area contributed by atoms with Crippen molar-refractivity contribution in [2.75, 3.05) is 5.32 Å². The van der Waals surface area contributed by atoms with Crippen molar-refractivity contribution in [3.05, 3.63) is 59.2 Å². The minimum atomic E-state index is -0.897. The highest BCUT2D eigenvalue weighted by atomic mass is 32.1. The van der Waals surface area contributed by atoms with Crippen molar-refractivity contribution in [3.8, 4) is 0 Å². The van der Waals surface area contributed by atoms with Crippen LogP contribution in [0.25, 0.3) is 10.2 Å². The van der Waals surface area contributed by atoms with Crippen LogP contribution in [0, 0.1) is 11.6 Å². The molecule has 1 N–H and O–H groups in total. The van der Waals surface area contributed by atoms with Crippen LogP contribution in [-0.2, 0) is 0 Å². The second-order valence-corrected chi connectivity index (χ2v) is 6.48. The summed E-state index contributed by atoms with van der Waals surface area (Å²) in [5, 5.41) is 2.78. The predicted molar refractivity (Wildman–Crippen MR) is 88.0 cm³/mol. The van der Waals surface area contributed by atoms with Crippen molar-refractivity contribution < 1.29 is 13.6 Å². The van der Waals surface area contributed by atoms with Gasteiger partial charge in [0, 0.05) is 0 Å². The maximum atomic E-state index is 13.6. The minimum Gasteiger partial charge on any atom is -0.298 e. The number of thiazole rings is 1. The third-order valence-electron chi connectivity index (χ3n) is 3.49. The second-order valence-electron chi connectivity index (χ2n) is 5.45. The summed E-state index contributed by atoms with van der Waals surface area (Å²) in [7, 11) is 0. The lowest BCUT2D eigenvalue weighted by Gasteiger charge is -2.03. The van der Waals surface area contributed by atoms with Gasteiger partial charge >= 0.3 is 0 Å². The molecule has 0 fully saturated rings. The van der Waals surface area contributed by atoms with E-state index in [0.29, 0.717) is 11.0 Å². The molecule has 23 heavy (non-hydrogen) atoms. The quantitative estimate of drug-likeness (QED) is 0.737. The van der Waals surface area contributed by atoms with Crippen LogP contribution in [0.1, 0.15) is 35.7 Å². The summed E-state index contributed by atoms with van der Waals surface area (Å²) in [5.74, 6) is -2.26. The summed E-state index contributed by atoms with van der Waals surface area (Å²) >= 11 is 1.28. The molecule has 0 aliphatic rings. The maximum Gasteiger partial charge on any atom is 0.263 e. The molecular weight excluding hydrogens is 318 g/mol. The summed E-state index contributed by atoms with van der Waals surface area (Å²) in [5.41, 5.74) is 1.30. The average Bonchev–Trinajstić information content (AvgIpc) is 2.87. The zero-order chi connectivity index (χ0) is 16.6. The molecule has 0 aliphatic carbocycles. The van der Waals surface area contributed by atoms with Crippen LogP contribution in [0.4, 0.5) is 13.9 Å². The lowest BCUT2D eigenvalue weighted by molar-refractivity contribution is 0.101. The third kappa shape index (κ3) is 3.07. The molecule has 0 saturated heterocycles. The first kappa shape index (κ1) is 15.6. The number of carbonyl (C=O) groups is 1. The van der Waals surface area contributed by atoms with E-state index in [0.717, 1.165) is 22.3 Å². The molecule has 0 spiro atoms. The number of benzene rings is 2. The molecule has 3 nitrogen and oxygen atoms in total. The summed E-state index contributed by atoms with van der Waals surface area (Å²) in [6.07, 6.45) is 0. The Morgan fingerprint density at radius 1 is 1.17 bits per heavy atom. The Labute approximate surface area is 136 Å². The van der Waals surface area contributed by atoms with Crippen LogP contribution in [0.2, 0.25) is 0 Å². The standard InChI is InChI=1S/C17H14F2N2OS/c1-9(2)10-6-7-13-14(8-10)23-17(20-13)21-16(22)15-11(18)4-3-5-12(15)19/h3-9H,1-2H3,(H,20,21,22). The highest BCUT2D eigenvalue weighted by molar-refractivity contribution is 7.22. The van der Waals surface area contributed by atoms with E-state index in [9.17, 15) is 13.6 Å². The molecule has 3 rings (SSSR count). The van der Waals surface area contributed by atoms with Crippen LogP contribution >= 0.6 is 11.3 Å². The number of nitrogens with one attached hydrogen (secondary N) is 1. The summed E-state index contributed by atoms with van der Waals surface area (Å²) in [4.78, 5) is 16.4. The van der Waals surface area contributed by atoms with Gasteiger partial charge in [-0.25, -0.2) is 13.8 Å². The Kier molecular flexibility index (Phi) is 4.09. The highest BCUT2D eigenvalue weighted by Gasteiger charge is 2.18. The second kappa shape index (κ2) is 6.04. The Morgan fingerprint density at radius 2 is 1.87 bits per heavy atom. The molecule has 6 heteroatoms. The first-order chi connectivity index (χ1) is 11.0. The number of fused-ring (bicyclic) bond motifs is 1. The lowest BCUT2D eigenvalue weighted by atomic mass is 10.0. The molecular formula is C17H14F2N2OS. The Bertz CT molecular complexity index is 869. The Hall–Kier alpha value is -2.34. The van der Waals surface area contributed by atoms with Crippen molar-refractivity contribution in [1.82, 2.24) is 4.98 Å². The number of carbonyl (C=O) groups excluding carboxylic acids is 1. The number of anilines is 1. The molecule has 1 amide bonds. The average molecular weight is 332 g/mol.